The minimum Gasteiger partial charge on any atom is -0.481 e. The molecule has 2 N–H and O–H groups in total. The molecule has 2 saturated heterocycles. The third-order valence-corrected chi connectivity index (χ3v) is 6.23. The third-order valence-electron chi connectivity index (χ3n) is 4.66. The van der Waals surface area contributed by atoms with Gasteiger partial charge in [-0.1, -0.05) is 25.1 Å². The zero-order valence-electron chi connectivity index (χ0n) is 15.8. The van der Waals surface area contributed by atoms with Crippen molar-refractivity contribution >= 4 is 80.9 Å². The molecule has 0 aromatic heterocycles. The number of β-lactam (4-membered cyclic amide) rings is 1. The minimum atomic E-state index is -1.03. The van der Waals surface area contributed by atoms with Gasteiger partial charge in [0.05, 0.1) is 0 Å². The summed E-state index contributed by atoms with van der Waals surface area (Å²) < 4.78 is 5.09. The van der Waals surface area contributed by atoms with Gasteiger partial charge in [-0.05, 0) is 32.4 Å². The van der Waals surface area contributed by atoms with Crippen LogP contribution in [0.1, 0.15) is 27.2 Å². The van der Waals surface area contributed by atoms with E-state index in [4.69, 9.17) is 4.74 Å². The molecule has 0 bridgehead atoms. The summed E-state index contributed by atoms with van der Waals surface area (Å²) in [4.78, 5) is 37.9. The number of benzene rings is 1. The number of nitrogens with zero attached hydrogens (tertiary/aromatic N) is 1. The number of hydrogen-bond acceptors (Lipinski definition) is 5. The Bertz CT molecular complexity index is 730. The van der Waals surface area contributed by atoms with Crippen molar-refractivity contribution < 1.29 is 24.2 Å². The zero-order chi connectivity index (χ0) is 19.1. The maximum absolute atomic E-state index is 12.6. The summed E-state index contributed by atoms with van der Waals surface area (Å²) in [6.45, 7) is 5.43. The first-order valence-electron chi connectivity index (χ1n) is 8.51. The van der Waals surface area contributed by atoms with Crippen LogP contribution in [-0.4, -0.2) is 107 Å². The van der Waals surface area contributed by atoms with Crippen LogP contribution in [0.3, 0.4) is 0 Å². The fourth-order valence-electron chi connectivity index (χ4n) is 3.38. The Morgan fingerprint density at radius 1 is 1.33 bits per heavy atom. The van der Waals surface area contributed by atoms with Crippen molar-refractivity contribution in [3.8, 4) is 5.75 Å². The van der Waals surface area contributed by atoms with Crippen molar-refractivity contribution in [1.29, 1.82) is 0 Å². The van der Waals surface area contributed by atoms with Crippen molar-refractivity contribution in [1.82, 2.24) is 10.2 Å². The summed E-state index contributed by atoms with van der Waals surface area (Å²) in [7, 11) is 0. The van der Waals surface area contributed by atoms with Crippen molar-refractivity contribution in [2.75, 3.05) is 0 Å². The van der Waals surface area contributed by atoms with Gasteiger partial charge in [0.2, 0.25) is 5.91 Å². The number of para-hydroxylation sites is 1. The van der Waals surface area contributed by atoms with Gasteiger partial charge in [-0.15, -0.1) is 11.8 Å². The topological polar surface area (TPSA) is 95.9 Å². The fraction of sp³-hybridized carbons (Fsp3) is 0.500. The molecule has 9 heteroatoms. The molecule has 2 fully saturated rings. The standard InChI is InChI=1S/C18H22N2O5S.K/c1-4-11(25-10-8-6-5-7-9-10)14(21)19-12-15(22)20-13(17(23)24)18(2,3)26-16(12)20;/h5-9,11-13,16H,4H2,1-3H3,(H,19,21)(H,23,24);/t11?,12-,13+,16-;/m1./s1. The van der Waals surface area contributed by atoms with E-state index in [1.807, 2.05) is 25.1 Å². The zero-order valence-corrected chi connectivity index (χ0v) is 19.8. The van der Waals surface area contributed by atoms with Crippen LogP contribution in [0.2, 0.25) is 0 Å². The van der Waals surface area contributed by atoms with Gasteiger partial charge in [0, 0.05) is 56.1 Å². The second-order valence-corrected chi connectivity index (χ2v) is 8.68. The SMILES string of the molecule is CCC(Oc1ccccc1)C(=O)N[C@@H]1C(=O)N2[C@@H]1SC(C)(C)[C@@H]2C(=O)O.[K]. The van der Waals surface area contributed by atoms with Crippen molar-refractivity contribution in [3.05, 3.63) is 30.3 Å². The Balaban J connectivity index is 0.00000261. The maximum Gasteiger partial charge on any atom is 0.327 e. The molecule has 1 radical (unpaired) electrons. The number of hydrogen-bond donors (Lipinski definition) is 2. The van der Waals surface area contributed by atoms with Crippen LogP contribution in [-0.2, 0) is 14.4 Å². The second kappa shape index (κ2) is 8.83. The molecular formula is C18H22KN2O5S. The van der Waals surface area contributed by atoms with Crippen LogP contribution in [0.4, 0.5) is 0 Å². The smallest absolute Gasteiger partial charge is 0.327 e. The number of aliphatic carboxylic acids is 1. The number of ether oxygens (including phenoxy) is 1. The number of thioether (sulfide) groups is 1. The number of amides is 2. The molecule has 0 spiro atoms. The molecule has 2 heterocycles. The number of rotatable bonds is 6. The molecule has 7 nitrogen and oxygen atoms in total. The van der Waals surface area contributed by atoms with Crippen LogP contribution in [0.5, 0.6) is 5.75 Å². The van der Waals surface area contributed by atoms with E-state index in [1.165, 1.54) is 16.7 Å². The number of carboxylic acids is 1. The van der Waals surface area contributed by atoms with Gasteiger partial charge in [-0.25, -0.2) is 4.79 Å². The van der Waals surface area contributed by atoms with Gasteiger partial charge in [0.25, 0.3) is 5.91 Å². The average molecular weight is 418 g/mol. The molecule has 1 aromatic carbocycles. The van der Waals surface area contributed by atoms with E-state index in [2.05, 4.69) is 5.32 Å². The van der Waals surface area contributed by atoms with Crippen LogP contribution < -0.4 is 10.1 Å². The molecule has 141 valence electrons. The second-order valence-electron chi connectivity index (χ2n) is 6.91. The normalized spacial score (nSPS) is 26.3. The number of carbonyl (C=O) groups is 3. The quantitative estimate of drug-likeness (QED) is 0.532. The van der Waals surface area contributed by atoms with Crippen LogP contribution in [0, 0.1) is 0 Å². The summed E-state index contributed by atoms with van der Waals surface area (Å²) in [5.41, 5.74) is 0. The Kier molecular flexibility index (Phi) is 7.43. The van der Waals surface area contributed by atoms with E-state index in [0.29, 0.717) is 12.2 Å². The summed E-state index contributed by atoms with van der Waals surface area (Å²) in [6.07, 6.45) is -0.263. The Morgan fingerprint density at radius 2 is 1.96 bits per heavy atom. The number of carboxylic acid groups (broad SMARTS) is 1. The molecule has 2 amide bonds. The first kappa shape index (κ1) is 22.7. The van der Waals surface area contributed by atoms with E-state index in [0.717, 1.165) is 0 Å². The first-order chi connectivity index (χ1) is 12.3. The van der Waals surface area contributed by atoms with E-state index in [-0.39, 0.29) is 68.6 Å². The predicted octanol–water partition coefficient (Wildman–Crippen LogP) is 1.09. The monoisotopic (exact) mass is 417 g/mol. The molecule has 1 unspecified atom stereocenters. The molecular weight excluding hydrogens is 395 g/mol. The van der Waals surface area contributed by atoms with Gasteiger partial charge >= 0.3 is 5.97 Å². The maximum atomic E-state index is 12.6. The summed E-state index contributed by atoms with van der Waals surface area (Å²) in [5.74, 6) is -1.17. The van der Waals surface area contributed by atoms with Gasteiger partial charge in [-0.3, -0.25) is 9.59 Å². The number of carbonyl (C=O) groups excluding carboxylic acids is 2. The largest absolute Gasteiger partial charge is 0.481 e. The number of fused-ring (bicyclic) bond motifs is 1. The van der Waals surface area contributed by atoms with Gasteiger partial charge in [0.1, 0.15) is 23.2 Å². The summed E-state index contributed by atoms with van der Waals surface area (Å²) in [5, 5.41) is 11.8. The van der Waals surface area contributed by atoms with Crippen molar-refractivity contribution in [3.63, 3.8) is 0 Å². The van der Waals surface area contributed by atoms with E-state index in [9.17, 15) is 19.5 Å². The Labute approximate surface area is 205 Å². The molecule has 3 rings (SSSR count). The van der Waals surface area contributed by atoms with Crippen LogP contribution in [0.25, 0.3) is 0 Å². The van der Waals surface area contributed by atoms with Crippen LogP contribution >= 0.6 is 11.8 Å². The molecule has 27 heavy (non-hydrogen) atoms. The van der Waals surface area contributed by atoms with Crippen molar-refractivity contribution in [2.45, 2.75) is 55.5 Å². The first-order valence-corrected chi connectivity index (χ1v) is 9.39. The average Bonchev–Trinajstić information content (AvgIpc) is 2.86. The minimum absolute atomic E-state index is 0. The van der Waals surface area contributed by atoms with Gasteiger partial charge < -0.3 is 20.1 Å². The Hall–Kier alpha value is -0.584. The summed E-state index contributed by atoms with van der Waals surface area (Å²) >= 11 is 1.40. The molecule has 0 saturated carbocycles. The fourth-order valence-corrected chi connectivity index (χ4v) is 5.00. The number of nitrogens with one attached hydrogen (secondary N) is 1. The van der Waals surface area contributed by atoms with E-state index in [1.54, 1.807) is 26.0 Å². The van der Waals surface area contributed by atoms with Crippen molar-refractivity contribution in [2.24, 2.45) is 0 Å². The Morgan fingerprint density at radius 3 is 2.52 bits per heavy atom. The molecule has 0 aliphatic carbocycles. The predicted molar refractivity (Wildman–Crippen MR) is 103 cm³/mol. The molecule has 2 aliphatic rings. The van der Waals surface area contributed by atoms with Crippen LogP contribution in [0.15, 0.2) is 30.3 Å². The molecule has 4 atom stereocenters. The third kappa shape index (κ3) is 4.38. The van der Waals surface area contributed by atoms with Gasteiger partial charge in [0.15, 0.2) is 6.10 Å². The summed E-state index contributed by atoms with van der Waals surface area (Å²) in [6, 6.07) is 7.41. The van der Waals surface area contributed by atoms with E-state index >= 15 is 0 Å². The van der Waals surface area contributed by atoms with E-state index < -0.39 is 28.9 Å². The molecule has 2 aliphatic heterocycles. The van der Waals surface area contributed by atoms with Gasteiger partial charge in [-0.2, -0.15) is 0 Å². The molecule has 1 aromatic rings.